The van der Waals surface area contributed by atoms with Gasteiger partial charge in [0.2, 0.25) is 5.91 Å². The van der Waals surface area contributed by atoms with Crippen molar-refractivity contribution in [2.45, 2.75) is 6.54 Å². The van der Waals surface area contributed by atoms with Crippen molar-refractivity contribution < 1.29 is 14.3 Å². The van der Waals surface area contributed by atoms with E-state index in [1.807, 2.05) is 18.2 Å². The second-order valence-corrected chi connectivity index (χ2v) is 7.11. The molecule has 4 aromatic rings. The summed E-state index contributed by atoms with van der Waals surface area (Å²) in [6.45, 7) is -0.174. The fourth-order valence-corrected chi connectivity index (χ4v) is 3.39. The first kappa shape index (κ1) is 21.8. The summed E-state index contributed by atoms with van der Waals surface area (Å²) in [4.78, 5) is 34.5. The number of aromatic nitrogens is 3. The van der Waals surface area contributed by atoms with Crippen LogP contribution in [0.4, 0.5) is 5.69 Å². The van der Waals surface area contributed by atoms with Gasteiger partial charge in [-0.1, -0.05) is 18.2 Å². The molecule has 0 radical (unpaired) electrons. The Morgan fingerprint density at radius 3 is 2.52 bits per heavy atom. The van der Waals surface area contributed by atoms with Crippen molar-refractivity contribution in [1.82, 2.24) is 14.5 Å². The number of methoxy groups -OCH3 is 2. The molecule has 0 spiro atoms. The fraction of sp³-hybridized carbons (Fsp3) is 0.120. The molecule has 166 valence electrons. The Balaban J connectivity index is 1.65. The zero-order chi connectivity index (χ0) is 23.2. The standard InChI is InChI=1S/C25H22N4O4/c1-32-22-10-8-18(15-23(22)33-2)27-24(30)16-29-21-6-4-3-5-19(21)28-20(25(29)31)9-7-17-11-13-26-14-12-17/h3-15H,16H2,1-2H3,(H,27,30)/b9-7-. The SMILES string of the molecule is COc1ccc(NC(=O)Cn2c(=O)c(/C=C\c3ccncc3)nc3ccccc32)cc1OC. The first-order valence-corrected chi connectivity index (χ1v) is 10.2. The number of carbonyl (C=O) groups excluding carboxylic acids is 1. The summed E-state index contributed by atoms with van der Waals surface area (Å²) < 4.78 is 11.9. The molecule has 1 N–H and O–H groups in total. The van der Waals surface area contributed by atoms with E-state index in [4.69, 9.17) is 9.47 Å². The van der Waals surface area contributed by atoms with E-state index in [1.165, 1.54) is 18.8 Å². The highest BCUT2D eigenvalue weighted by atomic mass is 16.5. The Hall–Kier alpha value is -4.46. The van der Waals surface area contributed by atoms with Crippen LogP contribution in [-0.2, 0) is 11.3 Å². The third-order valence-corrected chi connectivity index (χ3v) is 4.99. The molecule has 1 amide bonds. The summed E-state index contributed by atoms with van der Waals surface area (Å²) >= 11 is 0. The fourth-order valence-electron chi connectivity index (χ4n) is 3.39. The molecular weight excluding hydrogens is 420 g/mol. The van der Waals surface area contributed by atoms with Crippen LogP contribution < -0.4 is 20.3 Å². The van der Waals surface area contributed by atoms with Crippen LogP contribution in [0, 0.1) is 0 Å². The lowest BCUT2D eigenvalue weighted by Gasteiger charge is -2.13. The van der Waals surface area contributed by atoms with Crippen LogP contribution in [0.2, 0.25) is 0 Å². The maximum atomic E-state index is 13.2. The predicted molar refractivity (Wildman–Crippen MR) is 127 cm³/mol. The Morgan fingerprint density at radius 1 is 1.00 bits per heavy atom. The van der Waals surface area contributed by atoms with Gasteiger partial charge in [0.05, 0.1) is 25.3 Å². The first-order valence-electron chi connectivity index (χ1n) is 10.2. The zero-order valence-corrected chi connectivity index (χ0v) is 18.2. The van der Waals surface area contributed by atoms with E-state index in [9.17, 15) is 9.59 Å². The molecule has 33 heavy (non-hydrogen) atoms. The van der Waals surface area contributed by atoms with Crippen molar-refractivity contribution in [3.05, 3.63) is 88.6 Å². The third kappa shape index (κ3) is 4.90. The minimum Gasteiger partial charge on any atom is -0.493 e. The maximum absolute atomic E-state index is 13.2. The van der Waals surface area contributed by atoms with E-state index >= 15 is 0 Å². The largest absolute Gasteiger partial charge is 0.493 e. The van der Waals surface area contributed by atoms with Crippen molar-refractivity contribution in [1.29, 1.82) is 0 Å². The van der Waals surface area contributed by atoms with Gasteiger partial charge in [-0.25, -0.2) is 4.98 Å². The third-order valence-electron chi connectivity index (χ3n) is 4.99. The van der Waals surface area contributed by atoms with Crippen LogP contribution >= 0.6 is 0 Å². The molecule has 0 fully saturated rings. The van der Waals surface area contributed by atoms with Crippen molar-refractivity contribution in [2.75, 3.05) is 19.5 Å². The molecule has 0 saturated carbocycles. The molecule has 2 aromatic heterocycles. The molecule has 2 aromatic carbocycles. The van der Waals surface area contributed by atoms with E-state index in [0.29, 0.717) is 28.2 Å². The summed E-state index contributed by atoms with van der Waals surface area (Å²) in [7, 11) is 3.06. The normalized spacial score (nSPS) is 11.0. The molecule has 0 aliphatic heterocycles. The minimum atomic E-state index is -0.360. The smallest absolute Gasteiger partial charge is 0.277 e. The molecular formula is C25H22N4O4. The van der Waals surface area contributed by atoms with Gasteiger partial charge in [0.1, 0.15) is 12.2 Å². The number of nitrogens with zero attached hydrogens (tertiary/aromatic N) is 3. The van der Waals surface area contributed by atoms with Gasteiger partial charge in [0.25, 0.3) is 5.56 Å². The molecule has 8 heteroatoms. The number of benzene rings is 2. The molecule has 0 unspecified atom stereocenters. The number of nitrogens with one attached hydrogen (secondary N) is 1. The molecule has 2 heterocycles. The van der Waals surface area contributed by atoms with Crippen molar-refractivity contribution in [3.63, 3.8) is 0 Å². The number of fused-ring (bicyclic) bond motifs is 1. The molecule has 0 aliphatic rings. The van der Waals surface area contributed by atoms with Crippen molar-refractivity contribution >= 4 is 34.8 Å². The average Bonchev–Trinajstić information content (AvgIpc) is 2.85. The molecule has 0 saturated heterocycles. The Morgan fingerprint density at radius 2 is 1.76 bits per heavy atom. The van der Waals surface area contributed by atoms with Gasteiger partial charge in [-0.2, -0.15) is 0 Å². The van der Waals surface area contributed by atoms with Crippen LogP contribution in [0.3, 0.4) is 0 Å². The monoisotopic (exact) mass is 442 g/mol. The zero-order valence-electron chi connectivity index (χ0n) is 18.2. The molecule has 8 nitrogen and oxygen atoms in total. The summed E-state index contributed by atoms with van der Waals surface area (Å²) in [5, 5.41) is 2.81. The lowest BCUT2D eigenvalue weighted by Crippen LogP contribution is -2.30. The second-order valence-electron chi connectivity index (χ2n) is 7.11. The Labute approximate surface area is 190 Å². The van der Waals surface area contributed by atoms with Crippen LogP contribution in [0.15, 0.2) is 71.8 Å². The lowest BCUT2D eigenvalue weighted by atomic mass is 10.2. The highest BCUT2D eigenvalue weighted by Gasteiger charge is 2.13. The maximum Gasteiger partial charge on any atom is 0.277 e. The molecule has 0 aliphatic carbocycles. The first-order chi connectivity index (χ1) is 16.1. The van der Waals surface area contributed by atoms with E-state index in [-0.39, 0.29) is 23.7 Å². The van der Waals surface area contributed by atoms with Crippen LogP contribution in [0.1, 0.15) is 11.3 Å². The van der Waals surface area contributed by atoms with Crippen LogP contribution in [0.25, 0.3) is 23.2 Å². The number of hydrogen-bond donors (Lipinski definition) is 1. The van der Waals surface area contributed by atoms with Crippen LogP contribution in [-0.4, -0.2) is 34.7 Å². The van der Waals surface area contributed by atoms with E-state index in [1.54, 1.807) is 60.9 Å². The van der Waals surface area contributed by atoms with Gasteiger partial charge >= 0.3 is 0 Å². The number of para-hydroxylation sites is 2. The van der Waals surface area contributed by atoms with Gasteiger partial charge in [-0.15, -0.1) is 0 Å². The second kappa shape index (κ2) is 9.78. The van der Waals surface area contributed by atoms with E-state index in [0.717, 1.165) is 5.56 Å². The number of hydrogen-bond acceptors (Lipinski definition) is 6. The van der Waals surface area contributed by atoms with Gasteiger partial charge in [0, 0.05) is 24.1 Å². The highest BCUT2D eigenvalue weighted by molar-refractivity contribution is 5.92. The van der Waals surface area contributed by atoms with Crippen molar-refractivity contribution in [3.8, 4) is 11.5 Å². The summed E-state index contributed by atoms with van der Waals surface area (Å²) in [5.74, 6) is 0.688. The molecule has 4 rings (SSSR count). The van der Waals surface area contributed by atoms with Gasteiger partial charge < -0.3 is 14.8 Å². The Bertz CT molecular complexity index is 1380. The topological polar surface area (TPSA) is 95.3 Å². The molecule has 0 bridgehead atoms. The average molecular weight is 442 g/mol. The van der Waals surface area contributed by atoms with E-state index < -0.39 is 0 Å². The van der Waals surface area contributed by atoms with E-state index in [2.05, 4.69) is 15.3 Å². The van der Waals surface area contributed by atoms with Crippen LogP contribution in [0.5, 0.6) is 11.5 Å². The molecule has 0 atom stereocenters. The van der Waals surface area contributed by atoms with Crippen molar-refractivity contribution in [2.24, 2.45) is 0 Å². The number of pyridine rings is 1. The number of ether oxygens (including phenoxy) is 2. The lowest BCUT2D eigenvalue weighted by molar-refractivity contribution is -0.116. The van der Waals surface area contributed by atoms with Gasteiger partial charge in [0.15, 0.2) is 11.5 Å². The number of anilines is 1. The summed E-state index contributed by atoms with van der Waals surface area (Å²) in [5.41, 5.74) is 2.49. The summed E-state index contributed by atoms with van der Waals surface area (Å²) in [6, 6.07) is 15.9. The number of rotatable bonds is 7. The number of amides is 1. The van der Waals surface area contributed by atoms with Gasteiger partial charge in [-0.05, 0) is 48.0 Å². The highest BCUT2D eigenvalue weighted by Crippen LogP contribution is 2.29. The minimum absolute atomic E-state index is 0.174. The number of carbonyl (C=O) groups is 1. The quantitative estimate of drug-likeness (QED) is 0.470. The van der Waals surface area contributed by atoms with Gasteiger partial charge in [-0.3, -0.25) is 19.1 Å². The predicted octanol–water partition coefficient (Wildman–Crippen LogP) is 3.62. The Kier molecular flexibility index (Phi) is 6.45. The summed E-state index contributed by atoms with van der Waals surface area (Å²) in [6.07, 6.45) is 6.77.